The fraction of sp³-hybridized carbons (Fsp3) is 1.00. The number of unbranched alkanes of at least 4 members (excludes halogenated alkanes) is 13. The molecule has 0 amide bonds. The molecule has 2 unspecified atom stereocenters. The zero-order valence-electron chi connectivity index (χ0n) is 18.4. The van der Waals surface area contributed by atoms with Crippen LogP contribution in [0.2, 0.25) is 0 Å². The molecule has 2 nitrogen and oxygen atoms in total. The summed E-state index contributed by atoms with van der Waals surface area (Å²) in [6.07, 6.45) is 22.1. The summed E-state index contributed by atoms with van der Waals surface area (Å²) < 4.78 is 6.00. The maximum atomic E-state index is 6.00. The van der Waals surface area contributed by atoms with E-state index in [0.29, 0.717) is 6.10 Å². The Balaban J connectivity index is 1.81. The first kappa shape index (κ1) is 24.0. The molecule has 0 aromatic heterocycles. The molecule has 0 aliphatic carbocycles. The van der Waals surface area contributed by atoms with Crippen molar-refractivity contribution in [2.45, 2.75) is 123 Å². The van der Waals surface area contributed by atoms with E-state index in [1.807, 2.05) is 0 Å². The second-order valence-electron chi connectivity index (χ2n) is 8.66. The molecule has 0 aromatic carbocycles. The molecule has 0 saturated carbocycles. The van der Waals surface area contributed by atoms with Crippen molar-refractivity contribution in [2.75, 3.05) is 26.2 Å². The van der Waals surface area contributed by atoms with Gasteiger partial charge in [0.1, 0.15) is 0 Å². The Morgan fingerprint density at radius 2 is 1.27 bits per heavy atom. The Hall–Kier alpha value is -0.0800. The maximum absolute atomic E-state index is 6.00. The van der Waals surface area contributed by atoms with Gasteiger partial charge in [0.15, 0.2) is 0 Å². The minimum atomic E-state index is 0.477. The van der Waals surface area contributed by atoms with Gasteiger partial charge in [0.25, 0.3) is 0 Å². The Bertz CT molecular complexity index is 294. The third kappa shape index (κ3) is 12.3. The first-order chi connectivity index (χ1) is 12.8. The molecule has 26 heavy (non-hydrogen) atoms. The summed E-state index contributed by atoms with van der Waals surface area (Å²) in [6.45, 7) is 11.3. The fourth-order valence-corrected chi connectivity index (χ4v) is 4.21. The standard InChI is InChI=1S/C24H49NO/c1-4-6-7-8-9-10-11-12-13-14-15-16-17-18-19-23(3)24-22-25(5-2)20-21-26-24/h23-24H,4-22H2,1-3H3. The molecule has 1 saturated heterocycles. The van der Waals surface area contributed by atoms with E-state index in [0.717, 1.165) is 25.6 Å². The number of rotatable bonds is 17. The van der Waals surface area contributed by atoms with Gasteiger partial charge in [0, 0.05) is 13.1 Å². The van der Waals surface area contributed by atoms with E-state index >= 15 is 0 Å². The quantitative estimate of drug-likeness (QED) is 0.252. The van der Waals surface area contributed by atoms with Gasteiger partial charge in [-0.2, -0.15) is 0 Å². The Labute approximate surface area is 165 Å². The summed E-state index contributed by atoms with van der Waals surface area (Å²) in [6, 6.07) is 0. The van der Waals surface area contributed by atoms with Crippen LogP contribution in [0.3, 0.4) is 0 Å². The van der Waals surface area contributed by atoms with Gasteiger partial charge in [0.05, 0.1) is 12.7 Å². The number of hydrogen-bond donors (Lipinski definition) is 0. The van der Waals surface area contributed by atoms with Gasteiger partial charge in [-0.25, -0.2) is 0 Å². The normalized spacial score (nSPS) is 19.7. The van der Waals surface area contributed by atoms with Crippen molar-refractivity contribution in [1.29, 1.82) is 0 Å². The van der Waals surface area contributed by atoms with E-state index in [4.69, 9.17) is 4.74 Å². The minimum absolute atomic E-state index is 0.477. The molecular weight excluding hydrogens is 318 g/mol. The summed E-state index contributed by atoms with van der Waals surface area (Å²) >= 11 is 0. The van der Waals surface area contributed by atoms with Gasteiger partial charge >= 0.3 is 0 Å². The molecule has 0 radical (unpaired) electrons. The number of hydrogen-bond acceptors (Lipinski definition) is 2. The van der Waals surface area contributed by atoms with Gasteiger partial charge in [0.2, 0.25) is 0 Å². The summed E-state index contributed by atoms with van der Waals surface area (Å²) in [5.74, 6) is 0.724. The van der Waals surface area contributed by atoms with Crippen molar-refractivity contribution in [1.82, 2.24) is 4.90 Å². The Morgan fingerprint density at radius 3 is 1.77 bits per heavy atom. The van der Waals surface area contributed by atoms with Gasteiger partial charge in [-0.15, -0.1) is 0 Å². The van der Waals surface area contributed by atoms with E-state index < -0.39 is 0 Å². The third-order valence-corrected chi connectivity index (χ3v) is 6.27. The van der Waals surface area contributed by atoms with Crippen molar-refractivity contribution < 1.29 is 4.74 Å². The van der Waals surface area contributed by atoms with Crippen molar-refractivity contribution in [3.05, 3.63) is 0 Å². The van der Waals surface area contributed by atoms with Crippen LogP contribution >= 0.6 is 0 Å². The lowest BCUT2D eigenvalue weighted by molar-refractivity contribution is -0.0543. The summed E-state index contributed by atoms with van der Waals surface area (Å²) in [5.41, 5.74) is 0. The highest BCUT2D eigenvalue weighted by molar-refractivity contribution is 4.75. The maximum Gasteiger partial charge on any atom is 0.0728 e. The van der Waals surface area contributed by atoms with Crippen LogP contribution in [-0.4, -0.2) is 37.2 Å². The first-order valence-electron chi connectivity index (χ1n) is 12.1. The lowest BCUT2D eigenvalue weighted by Crippen LogP contribution is -2.44. The Kier molecular flexibility index (Phi) is 15.7. The van der Waals surface area contributed by atoms with Gasteiger partial charge in [-0.1, -0.05) is 111 Å². The molecule has 0 N–H and O–H groups in total. The number of morpholine rings is 1. The second kappa shape index (κ2) is 17.0. The van der Waals surface area contributed by atoms with Crippen LogP contribution < -0.4 is 0 Å². The van der Waals surface area contributed by atoms with Crippen molar-refractivity contribution in [2.24, 2.45) is 5.92 Å². The molecule has 1 heterocycles. The number of ether oxygens (including phenoxy) is 1. The summed E-state index contributed by atoms with van der Waals surface area (Å²) in [5, 5.41) is 0. The molecule has 156 valence electrons. The van der Waals surface area contributed by atoms with Crippen molar-refractivity contribution in [3.8, 4) is 0 Å². The predicted molar refractivity (Wildman–Crippen MR) is 116 cm³/mol. The molecule has 1 fully saturated rings. The predicted octanol–water partition coefficient (Wildman–Crippen LogP) is 7.21. The van der Waals surface area contributed by atoms with E-state index in [9.17, 15) is 0 Å². The van der Waals surface area contributed by atoms with Crippen LogP contribution in [0.4, 0.5) is 0 Å². The zero-order chi connectivity index (χ0) is 18.9. The van der Waals surface area contributed by atoms with Crippen molar-refractivity contribution >= 4 is 0 Å². The van der Waals surface area contributed by atoms with Gasteiger partial charge in [-0.05, 0) is 18.9 Å². The largest absolute Gasteiger partial charge is 0.375 e. The average Bonchev–Trinajstić information content (AvgIpc) is 2.68. The van der Waals surface area contributed by atoms with E-state index in [1.165, 1.54) is 103 Å². The molecule has 1 rings (SSSR count). The third-order valence-electron chi connectivity index (χ3n) is 6.27. The second-order valence-corrected chi connectivity index (χ2v) is 8.66. The highest BCUT2D eigenvalue weighted by atomic mass is 16.5. The molecule has 0 aromatic rings. The summed E-state index contributed by atoms with van der Waals surface area (Å²) in [7, 11) is 0. The SMILES string of the molecule is CCCCCCCCCCCCCCCCC(C)C1CN(CC)CCO1. The monoisotopic (exact) mass is 367 g/mol. The van der Waals surface area contributed by atoms with Crippen molar-refractivity contribution in [3.63, 3.8) is 0 Å². The highest BCUT2D eigenvalue weighted by Gasteiger charge is 2.24. The molecule has 1 aliphatic heterocycles. The first-order valence-corrected chi connectivity index (χ1v) is 12.1. The van der Waals surface area contributed by atoms with Gasteiger partial charge in [-0.3, -0.25) is 4.90 Å². The number of likely N-dealkylation sites (N-methyl/N-ethyl adjacent to an activating group) is 1. The van der Waals surface area contributed by atoms with Crippen LogP contribution in [0.1, 0.15) is 117 Å². The van der Waals surface area contributed by atoms with E-state index in [-0.39, 0.29) is 0 Å². The molecule has 2 atom stereocenters. The molecule has 2 heteroatoms. The van der Waals surface area contributed by atoms with Crippen LogP contribution in [0, 0.1) is 5.92 Å². The van der Waals surface area contributed by atoms with Crippen LogP contribution in [-0.2, 0) is 4.74 Å². The summed E-state index contributed by atoms with van der Waals surface area (Å²) in [4.78, 5) is 2.54. The number of nitrogens with zero attached hydrogens (tertiary/aromatic N) is 1. The average molecular weight is 368 g/mol. The molecular formula is C24H49NO. The lowest BCUT2D eigenvalue weighted by atomic mass is 9.95. The zero-order valence-corrected chi connectivity index (χ0v) is 18.4. The molecule has 0 spiro atoms. The van der Waals surface area contributed by atoms with Crippen LogP contribution in [0.25, 0.3) is 0 Å². The lowest BCUT2D eigenvalue weighted by Gasteiger charge is -2.35. The van der Waals surface area contributed by atoms with Gasteiger partial charge < -0.3 is 4.74 Å². The fourth-order valence-electron chi connectivity index (χ4n) is 4.21. The molecule has 1 aliphatic rings. The smallest absolute Gasteiger partial charge is 0.0728 e. The van der Waals surface area contributed by atoms with Crippen LogP contribution in [0.5, 0.6) is 0 Å². The molecule has 0 bridgehead atoms. The highest BCUT2D eigenvalue weighted by Crippen LogP contribution is 2.20. The van der Waals surface area contributed by atoms with E-state index in [1.54, 1.807) is 0 Å². The minimum Gasteiger partial charge on any atom is -0.375 e. The topological polar surface area (TPSA) is 12.5 Å². The van der Waals surface area contributed by atoms with Crippen LogP contribution in [0.15, 0.2) is 0 Å². The van der Waals surface area contributed by atoms with E-state index in [2.05, 4.69) is 25.7 Å². The Morgan fingerprint density at radius 1 is 0.769 bits per heavy atom.